The number of aliphatic imine (C=N–C) groups is 1. The van der Waals surface area contributed by atoms with E-state index in [2.05, 4.69) is 45.5 Å². The van der Waals surface area contributed by atoms with Gasteiger partial charge in [0, 0.05) is 19.4 Å². The van der Waals surface area contributed by atoms with Gasteiger partial charge in [0.15, 0.2) is 0 Å². The van der Waals surface area contributed by atoms with Crippen molar-refractivity contribution in [2.45, 2.75) is 258 Å². The van der Waals surface area contributed by atoms with Crippen LogP contribution in [0.15, 0.2) is 11.3 Å². The Balaban J connectivity index is 1.66. The highest BCUT2D eigenvalue weighted by molar-refractivity contribution is 5.77. The summed E-state index contributed by atoms with van der Waals surface area (Å²) in [5, 5.41) is 3.23. The van der Waals surface area contributed by atoms with Crippen molar-refractivity contribution in [3.05, 3.63) is 12.0 Å². The summed E-state index contributed by atoms with van der Waals surface area (Å²) in [4.78, 5) is 36.4. The van der Waals surface area contributed by atoms with Crippen LogP contribution in [0.4, 0.5) is 5.82 Å². The van der Waals surface area contributed by atoms with E-state index in [0.29, 0.717) is 19.4 Å². The Hall–Kier alpha value is -2.46. The lowest BCUT2D eigenvalue weighted by Gasteiger charge is -2.23. The van der Waals surface area contributed by atoms with Gasteiger partial charge in [0.05, 0.1) is 19.3 Å². The third-order valence-electron chi connectivity index (χ3n) is 12.2. The number of fused-ring (bicyclic) bond motifs is 1. The Kier molecular flexibility index (Phi) is 34.2. The van der Waals surface area contributed by atoms with E-state index in [0.717, 1.165) is 108 Å². The number of nitrogens with zero attached hydrogens (tertiary/aromatic N) is 4. The Morgan fingerprint density at radius 2 is 1.10 bits per heavy atom. The number of aryl methyl sites for hydroxylation is 1. The molecule has 2 rings (SSSR count). The number of anilines is 1. The molecule has 1 aliphatic heterocycles. The molecular formula is C50H94N6O4. The van der Waals surface area contributed by atoms with E-state index in [1.807, 2.05) is 6.33 Å². The van der Waals surface area contributed by atoms with Crippen LogP contribution in [0.1, 0.15) is 251 Å². The van der Waals surface area contributed by atoms with Gasteiger partial charge in [-0.25, -0.2) is 4.98 Å². The van der Waals surface area contributed by atoms with Crippen molar-refractivity contribution in [2.75, 3.05) is 31.6 Å². The maximum Gasteiger partial charge on any atom is 0.306 e. The summed E-state index contributed by atoms with van der Waals surface area (Å²) < 4.78 is 13.7. The molecule has 0 saturated heterocycles. The molecule has 0 aromatic carbocycles. The van der Waals surface area contributed by atoms with Crippen LogP contribution in [0, 0.1) is 0 Å². The van der Waals surface area contributed by atoms with Crippen LogP contribution in [-0.4, -0.2) is 65.1 Å². The third-order valence-corrected chi connectivity index (χ3v) is 12.2. The summed E-state index contributed by atoms with van der Waals surface area (Å²) >= 11 is 0. The molecule has 10 nitrogen and oxygen atoms in total. The van der Waals surface area contributed by atoms with Crippen molar-refractivity contribution < 1.29 is 19.1 Å². The van der Waals surface area contributed by atoms with Crippen LogP contribution < -0.4 is 11.1 Å². The predicted molar refractivity (Wildman–Crippen MR) is 253 cm³/mol. The summed E-state index contributed by atoms with van der Waals surface area (Å²) in [7, 11) is 0. The molecule has 348 valence electrons. The molecule has 0 spiro atoms. The van der Waals surface area contributed by atoms with Crippen molar-refractivity contribution in [3.63, 3.8) is 0 Å². The minimum atomic E-state index is -0.396. The molecule has 0 aliphatic carbocycles. The van der Waals surface area contributed by atoms with Crippen molar-refractivity contribution in [1.82, 2.24) is 14.5 Å². The fraction of sp³-hybridized carbons (Fsp3) is 0.880. The maximum atomic E-state index is 12.9. The number of carbonyl (C=O) groups excluding carboxylic acids is 2. The van der Waals surface area contributed by atoms with Crippen LogP contribution in [0.25, 0.3) is 0 Å². The lowest BCUT2D eigenvalue weighted by atomic mass is 10.0. The zero-order valence-corrected chi connectivity index (χ0v) is 39.4. The van der Waals surface area contributed by atoms with Gasteiger partial charge in [-0.2, -0.15) is 0 Å². The Labute approximate surface area is 368 Å². The van der Waals surface area contributed by atoms with E-state index in [4.69, 9.17) is 15.2 Å². The second kappa shape index (κ2) is 38.2. The molecule has 10 heteroatoms. The minimum Gasteiger partial charge on any atom is -0.466 e. The molecule has 1 unspecified atom stereocenters. The fourth-order valence-electron chi connectivity index (χ4n) is 8.39. The molecular weight excluding hydrogens is 749 g/mol. The minimum absolute atomic E-state index is 0.0190. The number of esters is 2. The van der Waals surface area contributed by atoms with Gasteiger partial charge < -0.3 is 30.0 Å². The maximum absolute atomic E-state index is 12.9. The molecule has 1 aromatic heterocycles. The Bertz CT molecular complexity index is 1180. The molecule has 1 aliphatic rings. The van der Waals surface area contributed by atoms with Gasteiger partial charge in [-0.05, 0) is 83.8 Å². The summed E-state index contributed by atoms with van der Waals surface area (Å²) in [5.74, 6) is 0.952. The first-order valence-electron chi connectivity index (χ1n) is 25.6. The summed E-state index contributed by atoms with van der Waals surface area (Å²) in [6.45, 7) is 11.5. The summed E-state index contributed by atoms with van der Waals surface area (Å²) in [6, 6.07) is 0. The number of carbonyl (C=O) groups is 2. The molecule has 1 atom stereocenters. The van der Waals surface area contributed by atoms with Crippen LogP contribution in [0.5, 0.6) is 0 Å². The first kappa shape index (κ1) is 53.7. The highest BCUT2D eigenvalue weighted by Gasteiger charge is 2.19. The van der Waals surface area contributed by atoms with E-state index < -0.39 is 6.17 Å². The van der Waals surface area contributed by atoms with Crippen LogP contribution >= 0.6 is 0 Å². The predicted octanol–water partition coefficient (Wildman–Crippen LogP) is 13.4. The average molecular weight is 843 g/mol. The number of hydrogen-bond donors (Lipinski definition) is 2. The number of aromatic nitrogens is 2. The number of hydrogen-bond acceptors (Lipinski definition) is 9. The zero-order chi connectivity index (χ0) is 43.1. The molecule has 60 heavy (non-hydrogen) atoms. The van der Waals surface area contributed by atoms with Gasteiger partial charge in [0.2, 0.25) is 0 Å². The smallest absolute Gasteiger partial charge is 0.306 e. The van der Waals surface area contributed by atoms with Crippen LogP contribution in [0.3, 0.4) is 0 Å². The van der Waals surface area contributed by atoms with E-state index in [1.165, 1.54) is 135 Å². The average Bonchev–Trinajstić information content (AvgIpc) is 3.67. The molecule has 2 heterocycles. The van der Waals surface area contributed by atoms with Gasteiger partial charge in [0.25, 0.3) is 0 Å². The van der Waals surface area contributed by atoms with Gasteiger partial charge >= 0.3 is 11.9 Å². The molecule has 3 N–H and O–H groups in total. The monoisotopic (exact) mass is 843 g/mol. The second-order valence-corrected chi connectivity index (χ2v) is 17.8. The molecule has 0 amide bonds. The lowest BCUT2D eigenvalue weighted by Crippen LogP contribution is -2.28. The molecule has 1 aromatic rings. The Morgan fingerprint density at radius 3 is 1.67 bits per heavy atom. The largest absolute Gasteiger partial charge is 0.466 e. The number of nitrogens with one attached hydrogen (secondary N) is 1. The fourth-order valence-corrected chi connectivity index (χ4v) is 8.39. The first-order chi connectivity index (χ1) is 29.5. The van der Waals surface area contributed by atoms with Crippen molar-refractivity contribution in [3.8, 4) is 0 Å². The van der Waals surface area contributed by atoms with Gasteiger partial charge in [0.1, 0.15) is 23.8 Å². The quantitative estimate of drug-likeness (QED) is 0.0492. The van der Waals surface area contributed by atoms with Crippen molar-refractivity contribution >= 4 is 24.1 Å². The number of imidazole rings is 1. The van der Waals surface area contributed by atoms with E-state index >= 15 is 0 Å². The van der Waals surface area contributed by atoms with E-state index in [1.54, 1.807) is 6.34 Å². The molecule has 0 bridgehead atoms. The molecule has 0 fully saturated rings. The third kappa shape index (κ3) is 28.2. The highest BCUT2D eigenvalue weighted by Crippen LogP contribution is 2.24. The van der Waals surface area contributed by atoms with Gasteiger partial charge in [-0.15, -0.1) is 0 Å². The highest BCUT2D eigenvalue weighted by atomic mass is 16.5. The van der Waals surface area contributed by atoms with Gasteiger partial charge in [-0.1, -0.05) is 162 Å². The second-order valence-electron chi connectivity index (χ2n) is 17.8. The molecule has 0 saturated carbocycles. The van der Waals surface area contributed by atoms with Gasteiger partial charge in [-0.3, -0.25) is 14.6 Å². The normalized spacial score (nSPS) is 13.6. The standard InChI is InChI=1S/C50H94N6O4/c1-4-7-10-13-16-25-32-42-59-46(57)36-28-21-17-23-30-38-55(40-33-41-56-44-54-48-49(51)52-43-53-50(48)56)39-31-24-18-22-29-37-47(58)60-45(34-26-19-14-11-8-5-2)35-27-20-15-12-9-6-3/h43-45,49H,4-42,51H2,1-3H3,(H,52,53). The van der Waals surface area contributed by atoms with E-state index in [9.17, 15) is 9.59 Å². The number of rotatable bonds is 43. The van der Waals surface area contributed by atoms with E-state index in [-0.39, 0.29) is 18.0 Å². The van der Waals surface area contributed by atoms with Crippen LogP contribution in [-0.2, 0) is 25.6 Å². The first-order valence-corrected chi connectivity index (χ1v) is 25.6. The zero-order valence-electron chi connectivity index (χ0n) is 39.4. The number of ether oxygens (including phenoxy) is 2. The number of nitrogens with two attached hydrogens (primary N) is 1. The summed E-state index contributed by atoms with van der Waals surface area (Å²) in [6.07, 6.45) is 42.6. The lowest BCUT2D eigenvalue weighted by molar-refractivity contribution is -0.150. The van der Waals surface area contributed by atoms with Crippen LogP contribution in [0.2, 0.25) is 0 Å². The van der Waals surface area contributed by atoms with Crippen molar-refractivity contribution in [1.29, 1.82) is 0 Å². The topological polar surface area (TPSA) is 124 Å². The van der Waals surface area contributed by atoms with Crippen molar-refractivity contribution in [2.24, 2.45) is 10.7 Å². The SMILES string of the molecule is CCCCCCCCCOC(=O)CCCCCCCN(CCCCCCCC(=O)OC(CCCCCCCC)CCCCCCCC)CCCn1cnc2c1NC=NC2N. The Morgan fingerprint density at radius 1 is 0.633 bits per heavy atom. The number of unbranched alkanes of at least 4 members (excludes halogenated alkanes) is 24. The molecule has 0 radical (unpaired) electrons. The summed E-state index contributed by atoms with van der Waals surface area (Å²) in [5.41, 5.74) is 6.93.